The van der Waals surface area contributed by atoms with Crippen molar-refractivity contribution in [3.05, 3.63) is 29.8 Å². The minimum atomic E-state index is -0.371. The number of esters is 1. The maximum atomic E-state index is 11.7. The molecule has 1 amide bonds. The predicted octanol–water partition coefficient (Wildman–Crippen LogP) is 2.39. The summed E-state index contributed by atoms with van der Waals surface area (Å²) in [5, 5.41) is 2.84. The van der Waals surface area contributed by atoms with E-state index in [1.807, 2.05) is 0 Å². The van der Waals surface area contributed by atoms with E-state index in [4.69, 9.17) is 4.74 Å². The first-order valence-electron chi connectivity index (χ1n) is 6.05. The molecule has 1 aromatic carbocycles. The number of hydrogen-bond donors (Lipinski definition) is 1. The van der Waals surface area contributed by atoms with E-state index in [-0.39, 0.29) is 11.9 Å². The first-order chi connectivity index (χ1) is 8.49. The highest BCUT2D eigenvalue weighted by atomic mass is 16.5. The lowest BCUT2D eigenvalue weighted by atomic mass is 10.1. The zero-order chi connectivity index (χ0) is 13.5. The van der Waals surface area contributed by atoms with Gasteiger partial charge in [0.1, 0.15) is 5.75 Å². The molecule has 18 heavy (non-hydrogen) atoms. The van der Waals surface area contributed by atoms with Gasteiger partial charge in [-0.1, -0.05) is 13.8 Å². The number of amides is 1. The molecule has 0 atom stereocenters. The number of benzene rings is 1. The molecule has 0 radical (unpaired) electrons. The number of ether oxygens (including phenoxy) is 1. The highest BCUT2D eigenvalue weighted by molar-refractivity contribution is 5.94. The molecule has 0 aromatic heterocycles. The molecule has 4 nitrogen and oxygen atoms in total. The molecule has 0 saturated heterocycles. The average Bonchev–Trinajstić information content (AvgIpc) is 2.28. The van der Waals surface area contributed by atoms with Crippen LogP contribution in [-0.4, -0.2) is 18.4 Å². The van der Waals surface area contributed by atoms with Crippen LogP contribution in [0.4, 0.5) is 0 Å². The highest BCUT2D eigenvalue weighted by Gasteiger charge is 2.06. The third-order valence-electron chi connectivity index (χ3n) is 2.39. The van der Waals surface area contributed by atoms with E-state index in [2.05, 4.69) is 19.2 Å². The maximum Gasteiger partial charge on any atom is 0.308 e. The minimum Gasteiger partial charge on any atom is -0.427 e. The molecular formula is C14H19NO3. The first kappa shape index (κ1) is 14.2. The Labute approximate surface area is 107 Å². The van der Waals surface area contributed by atoms with Crippen LogP contribution in [0.5, 0.6) is 5.75 Å². The number of nitrogens with one attached hydrogen (secondary N) is 1. The predicted molar refractivity (Wildman–Crippen MR) is 69.5 cm³/mol. The van der Waals surface area contributed by atoms with Crippen LogP contribution in [0.3, 0.4) is 0 Å². The first-order valence-corrected chi connectivity index (χ1v) is 6.05. The average molecular weight is 249 g/mol. The topological polar surface area (TPSA) is 55.4 Å². The SMILES string of the molecule is CC(=O)Oc1ccc(C(=O)NCCC(C)C)cc1. The second-order valence-corrected chi connectivity index (χ2v) is 4.56. The molecule has 98 valence electrons. The van der Waals surface area contributed by atoms with Gasteiger partial charge < -0.3 is 10.1 Å². The van der Waals surface area contributed by atoms with E-state index in [0.29, 0.717) is 23.8 Å². The van der Waals surface area contributed by atoms with Crippen LogP contribution in [0.15, 0.2) is 24.3 Å². The minimum absolute atomic E-state index is 0.106. The van der Waals surface area contributed by atoms with E-state index in [0.717, 1.165) is 6.42 Å². The van der Waals surface area contributed by atoms with Crippen LogP contribution in [0, 0.1) is 5.92 Å². The number of carbonyl (C=O) groups excluding carboxylic acids is 2. The van der Waals surface area contributed by atoms with Gasteiger partial charge in [-0.25, -0.2) is 0 Å². The third kappa shape index (κ3) is 4.99. The summed E-state index contributed by atoms with van der Waals surface area (Å²) in [4.78, 5) is 22.5. The maximum absolute atomic E-state index is 11.7. The fourth-order valence-electron chi connectivity index (χ4n) is 1.42. The van der Waals surface area contributed by atoms with Gasteiger partial charge in [0.25, 0.3) is 5.91 Å². The Balaban J connectivity index is 2.51. The Morgan fingerprint density at radius 1 is 1.22 bits per heavy atom. The summed E-state index contributed by atoms with van der Waals surface area (Å²) in [5.41, 5.74) is 0.564. The van der Waals surface area contributed by atoms with Crippen LogP contribution in [-0.2, 0) is 4.79 Å². The van der Waals surface area contributed by atoms with Crippen LogP contribution in [0.25, 0.3) is 0 Å². The van der Waals surface area contributed by atoms with Gasteiger partial charge in [-0.05, 0) is 36.6 Å². The largest absolute Gasteiger partial charge is 0.427 e. The van der Waals surface area contributed by atoms with Crippen molar-refractivity contribution in [1.29, 1.82) is 0 Å². The van der Waals surface area contributed by atoms with E-state index in [1.54, 1.807) is 24.3 Å². The van der Waals surface area contributed by atoms with Crippen molar-refractivity contribution in [3.8, 4) is 5.75 Å². The summed E-state index contributed by atoms with van der Waals surface area (Å²) in [6, 6.07) is 6.50. The number of hydrogen-bond acceptors (Lipinski definition) is 3. The van der Waals surface area contributed by atoms with E-state index >= 15 is 0 Å². The van der Waals surface area contributed by atoms with Crippen molar-refractivity contribution in [3.63, 3.8) is 0 Å². The fourth-order valence-corrected chi connectivity index (χ4v) is 1.42. The van der Waals surface area contributed by atoms with Gasteiger partial charge in [0, 0.05) is 19.0 Å². The Morgan fingerprint density at radius 3 is 2.33 bits per heavy atom. The monoisotopic (exact) mass is 249 g/mol. The van der Waals surface area contributed by atoms with Crippen LogP contribution in [0.1, 0.15) is 37.6 Å². The summed E-state index contributed by atoms with van der Waals surface area (Å²) < 4.78 is 4.89. The normalized spacial score (nSPS) is 10.2. The van der Waals surface area contributed by atoms with Gasteiger partial charge in [0.2, 0.25) is 0 Å². The van der Waals surface area contributed by atoms with Crippen molar-refractivity contribution in [2.45, 2.75) is 27.2 Å². The molecule has 0 fully saturated rings. The summed E-state index contributed by atoms with van der Waals surface area (Å²) in [7, 11) is 0. The van der Waals surface area contributed by atoms with Gasteiger partial charge in [-0.2, -0.15) is 0 Å². The lowest BCUT2D eigenvalue weighted by Gasteiger charge is -2.07. The Bertz CT molecular complexity index is 410. The number of rotatable bonds is 5. The molecule has 0 aliphatic carbocycles. The Morgan fingerprint density at radius 2 is 1.83 bits per heavy atom. The van der Waals surface area contributed by atoms with Crippen molar-refractivity contribution >= 4 is 11.9 Å². The van der Waals surface area contributed by atoms with Gasteiger partial charge in [0.15, 0.2) is 0 Å². The molecule has 1 rings (SSSR count). The zero-order valence-corrected chi connectivity index (χ0v) is 11.0. The summed E-state index contributed by atoms with van der Waals surface area (Å²) in [6.45, 7) is 6.23. The summed E-state index contributed by atoms with van der Waals surface area (Å²) >= 11 is 0. The Kier molecular flexibility index (Phi) is 5.36. The molecule has 0 unspecified atom stereocenters. The van der Waals surface area contributed by atoms with Crippen LogP contribution >= 0.6 is 0 Å². The van der Waals surface area contributed by atoms with Crippen molar-refractivity contribution in [1.82, 2.24) is 5.32 Å². The third-order valence-corrected chi connectivity index (χ3v) is 2.39. The van der Waals surface area contributed by atoms with Crippen LogP contribution < -0.4 is 10.1 Å². The molecule has 0 aliphatic heterocycles. The molecule has 1 aromatic rings. The molecule has 4 heteroatoms. The summed E-state index contributed by atoms with van der Waals surface area (Å²) in [6.07, 6.45) is 0.956. The van der Waals surface area contributed by atoms with E-state index < -0.39 is 0 Å². The van der Waals surface area contributed by atoms with Gasteiger partial charge in [-0.15, -0.1) is 0 Å². The van der Waals surface area contributed by atoms with Crippen LogP contribution in [0.2, 0.25) is 0 Å². The van der Waals surface area contributed by atoms with Crippen molar-refractivity contribution in [2.24, 2.45) is 5.92 Å². The smallest absolute Gasteiger partial charge is 0.308 e. The molecular weight excluding hydrogens is 230 g/mol. The lowest BCUT2D eigenvalue weighted by molar-refractivity contribution is -0.131. The second kappa shape index (κ2) is 6.79. The lowest BCUT2D eigenvalue weighted by Crippen LogP contribution is -2.25. The molecule has 1 N–H and O–H groups in total. The molecule has 0 spiro atoms. The standard InChI is InChI=1S/C14H19NO3/c1-10(2)8-9-15-14(17)12-4-6-13(7-5-12)18-11(3)16/h4-7,10H,8-9H2,1-3H3,(H,15,17). The van der Waals surface area contributed by atoms with Gasteiger partial charge in [-0.3, -0.25) is 9.59 Å². The van der Waals surface area contributed by atoms with E-state index in [1.165, 1.54) is 6.92 Å². The van der Waals surface area contributed by atoms with Crippen molar-refractivity contribution < 1.29 is 14.3 Å². The molecule has 0 aliphatic rings. The van der Waals surface area contributed by atoms with Gasteiger partial charge >= 0.3 is 5.97 Å². The van der Waals surface area contributed by atoms with E-state index in [9.17, 15) is 9.59 Å². The highest BCUT2D eigenvalue weighted by Crippen LogP contribution is 2.12. The molecule has 0 bridgehead atoms. The summed E-state index contributed by atoms with van der Waals surface area (Å²) in [5.74, 6) is 0.534. The fraction of sp³-hybridized carbons (Fsp3) is 0.429. The Hall–Kier alpha value is -1.84. The molecule has 0 heterocycles. The zero-order valence-electron chi connectivity index (χ0n) is 11.0. The van der Waals surface area contributed by atoms with Crippen molar-refractivity contribution in [2.75, 3.05) is 6.54 Å². The quantitative estimate of drug-likeness (QED) is 0.644. The molecule has 0 saturated carbocycles. The van der Waals surface area contributed by atoms with Gasteiger partial charge in [0.05, 0.1) is 0 Å². The second-order valence-electron chi connectivity index (χ2n) is 4.56. The number of carbonyl (C=O) groups is 2.